The third kappa shape index (κ3) is 3.41. The van der Waals surface area contributed by atoms with Gasteiger partial charge in [-0.3, -0.25) is 0 Å². The van der Waals surface area contributed by atoms with Gasteiger partial charge in [-0.2, -0.15) is 0 Å². The van der Waals surface area contributed by atoms with Crippen molar-refractivity contribution in [3.8, 4) is 0 Å². The largest absolute Gasteiger partial charge is 0.378 e. The SMILES string of the molecule is CC(C)NCC1(Cc2cccc(F)c2Br)CCOC1C. The molecule has 1 aliphatic rings. The van der Waals surface area contributed by atoms with Gasteiger partial charge in [-0.25, -0.2) is 4.39 Å². The van der Waals surface area contributed by atoms with Gasteiger partial charge >= 0.3 is 0 Å². The molecule has 1 fully saturated rings. The van der Waals surface area contributed by atoms with Gasteiger partial charge in [0, 0.05) is 24.6 Å². The quantitative estimate of drug-likeness (QED) is 0.874. The lowest BCUT2D eigenvalue weighted by Gasteiger charge is -2.34. The van der Waals surface area contributed by atoms with Crippen LogP contribution in [0.25, 0.3) is 0 Å². The van der Waals surface area contributed by atoms with Crippen LogP contribution in [-0.4, -0.2) is 25.3 Å². The molecule has 1 N–H and O–H groups in total. The maximum absolute atomic E-state index is 13.7. The lowest BCUT2D eigenvalue weighted by atomic mass is 9.76. The van der Waals surface area contributed by atoms with E-state index in [4.69, 9.17) is 4.74 Å². The average Bonchev–Trinajstić information content (AvgIpc) is 2.75. The minimum atomic E-state index is -0.193. The van der Waals surface area contributed by atoms with Crippen LogP contribution in [-0.2, 0) is 11.2 Å². The minimum absolute atomic E-state index is 0.0422. The molecule has 0 aliphatic carbocycles. The zero-order valence-electron chi connectivity index (χ0n) is 12.4. The first-order valence-corrected chi connectivity index (χ1v) is 8.02. The molecule has 1 aromatic rings. The van der Waals surface area contributed by atoms with E-state index in [-0.39, 0.29) is 17.3 Å². The molecule has 2 rings (SSSR count). The van der Waals surface area contributed by atoms with Crippen molar-refractivity contribution in [2.24, 2.45) is 5.41 Å². The second kappa shape index (κ2) is 6.54. The fraction of sp³-hybridized carbons (Fsp3) is 0.625. The van der Waals surface area contributed by atoms with Gasteiger partial charge < -0.3 is 10.1 Å². The normalized spacial score (nSPS) is 26.4. The topological polar surface area (TPSA) is 21.3 Å². The summed E-state index contributed by atoms with van der Waals surface area (Å²) in [5.41, 5.74) is 1.06. The number of ether oxygens (including phenoxy) is 1. The Morgan fingerprint density at radius 1 is 1.50 bits per heavy atom. The van der Waals surface area contributed by atoms with Crippen molar-refractivity contribution >= 4 is 15.9 Å². The maximum atomic E-state index is 13.7. The summed E-state index contributed by atoms with van der Waals surface area (Å²) < 4.78 is 20.1. The van der Waals surface area contributed by atoms with Gasteiger partial charge in [0.15, 0.2) is 0 Å². The highest BCUT2D eigenvalue weighted by Gasteiger charge is 2.41. The van der Waals surface area contributed by atoms with E-state index in [0.717, 1.165) is 31.6 Å². The summed E-state index contributed by atoms with van der Waals surface area (Å²) in [6.45, 7) is 8.10. The Bertz CT molecular complexity index is 466. The molecule has 4 heteroatoms. The number of hydrogen-bond acceptors (Lipinski definition) is 2. The zero-order chi connectivity index (χ0) is 14.8. The molecule has 0 saturated carbocycles. The standard InChI is InChI=1S/C16H23BrFNO/c1-11(2)19-10-16(7-8-20-12(16)3)9-13-5-4-6-14(18)15(13)17/h4-6,11-12,19H,7-10H2,1-3H3. The van der Waals surface area contributed by atoms with Crippen LogP contribution in [0.1, 0.15) is 32.8 Å². The first kappa shape index (κ1) is 15.9. The molecule has 0 radical (unpaired) electrons. The molecular formula is C16H23BrFNO. The van der Waals surface area contributed by atoms with E-state index in [1.54, 1.807) is 6.07 Å². The molecule has 0 amide bonds. The molecule has 2 unspecified atom stereocenters. The Hall–Kier alpha value is -0.450. The van der Waals surface area contributed by atoms with E-state index in [9.17, 15) is 4.39 Å². The Morgan fingerprint density at radius 2 is 2.25 bits per heavy atom. The smallest absolute Gasteiger partial charge is 0.137 e. The number of rotatable bonds is 5. The second-order valence-electron chi connectivity index (χ2n) is 6.05. The molecule has 2 nitrogen and oxygen atoms in total. The van der Waals surface area contributed by atoms with E-state index in [0.29, 0.717) is 10.5 Å². The van der Waals surface area contributed by atoms with E-state index in [2.05, 4.69) is 42.0 Å². The van der Waals surface area contributed by atoms with Gasteiger partial charge in [0.05, 0.1) is 10.6 Å². The van der Waals surface area contributed by atoms with Crippen LogP contribution >= 0.6 is 15.9 Å². The monoisotopic (exact) mass is 343 g/mol. The van der Waals surface area contributed by atoms with Gasteiger partial charge in [-0.15, -0.1) is 0 Å². The molecule has 1 saturated heterocycles. The van der Waals surface area contributed by atoms with Crippen molar-refractivity contribution < 1.29 is 9.13 Å². The van der Waals surface area contributed by atoms with Crippen LogP contribution in [0.5, 0.6) is 0 Å². The van der Waals surface area contributed by atoms with Gasteiger partial charge in [0.25, 0.3) is 0 Å². The van der Waals surface area contributed by atoms with Gasteiger partial charge in [0.1, 0.15) is 5.82 Å². The van der Waals surface area contributed by atoms with Crippen LogP contribution in [0.2, 0.25) is 0 Å². The van der Waals surface area contributed by atoms with E-state index in [1.165, 1.54) is 6.07 Å². The second-order valence-corrected chi connectivity index (χ2v) is 6.84. The number of halogens is 2. The molecular weight excluding hydrogens is 321 g/mol. The van der Waals surface area contributed by atoms with Gasteiger partial charge in [-0.05, 0) is 47.3 Å². The summed E-state index contributed by atoms with van der Waals surface area (Å²) in [4.78, 5) is 0. The molecule has 112 valence electrons. The fourth-order valence-corrected chi connectivity index (χ4v) is 3.22. The number of nitrogens with one attached hydrogen (secondary N) is 1. The number of hydrogen-bond donors (Lipinski definition) is 1. The lowest BCUT2D eigenvalue weighted by Crippen LogP contribution is -2.43. The van der Waals surface area contributed by atoms with Crippen LogP contribution in [0.4, 0.5) is 4.39 Å². The minimum Gasteiger partial charge on any atom is -0.378 e. The summed E-state index contributed by atoms with van der Waals surface area (Å²) in [6, 6.07) is 5.70. The molecule has 20 heavy (non-hydrogen) atoms. The molecule has 0 spiro atoms. The van der Waals surface area contributed by atoms with E-state index >= 15 is 0 Å². The van der Waals surface area contributed by atoms with Crippen LogP contribution in [0, 0.1) is 11.2 Å². The van der Waals surface area contributed by atoms with Crippen LogP contribution < -0.4 is 5.32 Å². The Kier molecular flexibility index (Phi) is 5.21. The molecule has 1 heterocycles. The number of benzene rings is 1. The predicted molar refractivity (Wildman–Crippen MR) is 83.4 cm³/mol. The highest BCUT2D eigenvalue weighted by molar-refractivity contribution is 9.10. The highest BCUT2D eigenvalue weighted by atomic mass is 79.9. The summed E-state index contributed by atoms with van der Waals surface area (Å²) >= 11 is 3.38. The Balaban J connectivity index is 2.22. The van der Waals surface area contributed by atoms with Crippen LogP contribution in [0.15, 0.2) is 22.7 Å². The molecule has 1 aliphatic heterocycles. The Labute approximate surface area is 129 Å². The third-order valence-corrected chi connectivity index (χ3v) is 5.15. The van der Waals surface area contributed by atoms with Gasteiger partial charge in [0.2, 0.25) is 0 Å². The van der Waals surface area contributed by atoms with Gasteiger partial charge in [-0.1, -0.05) is 26.0 Å². The van der Waals surface area contributed by atoms with Crippen molar-refractivity contribution in [3.63, 3.8) is 0 Å². The van der Waals surface area contributed by atoms with Crippen molar-refractivity contribution in [1.29, 1.82) is 0 Å². The van der Waals surface area contributed by atoms with Crippen LogP contribution in [0.3, 0.4) is 0 Å². The summed E-state index contributed by atoms with van der Waals surface area (Å²) in [5.74, 6) is -0.193. The summed E-state index contributed by atoms with van der Waals surface area (Å²) in [6.07, 6.45) is 2.02. The van der Waals surface area contributed by atoms with Crippen molar-refractivity contribution in [2.45, 2.75) is 45.8 Å². The fourth-order valence-electron chi connectivity index (χ4n) is 2.82. The molecule has 1 aromatic carbocycles. The first-order chi connectivity index (χ1) is 9.44. The Morgan fingerprint density at radius 3 is 2.85 bits per heavy atom. The molecule has 0 bridgehead atoms. The molecule has 0 aromatic heterocycles. The van der Waals surface area contributed by atoms with E-state index in [1.807, 2.05) is 6.07 Å². The predicted octanol–water partition coefficient (Wildman–Crippen LogP) is 3.92. The lowest BCUT2D eigenvalue weighted by molar-refractivity contribution is 0.0619. The first-order valence-electron chi connectivity index (χ1n) is 7.22. The average molecular weight is 344 g/mol. The third-order valence-electron chi connectivity index (χ3n) is 4.27. The van der Waals surface area contributed by atoms with Crippen molar-refractivity contribution in [1.82, 2.24) is 5.32 Å². The molecule has 2 atom stereocenters. The van der Waals surface area contributed by atoms with Crippen molar-refractivity contribution in [2.75, 3.05) is 13.2 Å². The summed E-state index contributed by atoms with van der Waals surface area (Å²) in [7, 11) is 0. The van der Waals surface area contributed by atoms with Crippen molar-refractivity contribution in [3.05, 3.63) is 34.1 Å². The van der Waals surface area contributed by atoms with E-state index < -0.39 is 0 Å². The summed E-state index contributed by atoms with van der Waals surface area (Å²) in [5, 5.41) is 3.52. The zero-order valence-corrected chi connectivity index (χ0v) is 14.0. The maximum Gasteiger partial charge on any atom is 0.137 e. The highest BCUT2D eigenvalue weighted by Crippen LogP contribution is 2.39.